The SMILES string of the molecule is OC(CF)CO[C@H]1CCCNC1. The van der Waals surface area contributed by atoms with Gasteiger partial charge in [-0.15, -0.1) is 0 Å². The number of halogens is 1. The molecule has 0 spiro atoms. The first-order valence-electron chi connectivity index (χ1n) is 4.39. The fraction of sp³-hybridized carbons (Fsp3) is 1.00. The molecule has 1 aliphatic rings. The number of piperidine rings is 1. The molecule has 2 N–H and O–H groups in total. The lowest BCUT2D eigenvalue weighted by atomic mass is 10.1. The normalized spacial score (nSPS) is 27.0. The van der Waals surface area contributed by atoms with Gasteiger partial charge in [-0.1, -0.05) is 0 Å². The molecule has 1 fully saturated rings. The molecule has 1 aliphatic heterocycles. The number of ether oxygens (including phenoxy) is 1. The highest BCUT2D eigenvalue weighted by Gasteiger charge is 2.14. The Morgan fingerprint density at radius 2 is 2.50 bits per heavy atom. The van der Waals surface area contributed by atoms with Gasteiger partial charge in [0.25, 0.3) is 0 Å². The first-order valence-corrected chi connectivity index (χ1v) is 4.39. The van der Waals surface area contributed by atoms with Gasteiger partial charge in [-0.25, -0.2) is 4.39 Å². The second-order valence-corrected chi connectivity index (χ2v) is 3.11. The zero-order valence-electron chi connectivity index (χ0n) is 7.13. The van der Waals surface area contributed by atoms with E-state index in [0.717, 1.165) is 25.9 Å². The van der Waals surface area contributed by atoms with E-state index in [2.05, 4.69) is 5.32 Å². The highest BCUT2D eigenvalue weighted by atomic mass is 19.1. The third-order valence-corrected chi connectivity index (χ3v) is 1.95. The van der Waals surface area contributed by atoms with E-state index >= 15 is 0 Å². The largest absolute Gasteiger partial charge is 0.388 e. The fourth-order valence-electron chi connectivity index (χ4n) is 1.25. The van der Waals surface area contributed by atoms with Crippen LogP contribution in [0.2, 0.25) is 0 Å². The van der Waals surface area contributed by atoms with Crippen molar-refractivity contribution in [1.82, 2.24) is 5.32 Å². The van der Waals surface area contributed by atoms with E-state index in [1.807, 2.05) is 0 Å². The second kappa shape index (κ2) is 5.45. The monoisotopic (exact) mass is 177 g/mol. The average Bonchev–Trinajstić information content (AvgIpc) is 2.16. The number of rotatable bonds is 4. The van der Waals surface area contributed by atoms with Gasteiger partial charge in [-0.3, -0.25) is 0 Å². The van der Waals surface area contributed by atoms with Crippen LogP contribution in [0.25, 0.3) is 0 Å². The van der Waals surface area contributed by atoms with Gasteiger partial charge >= 0.3 is 0 Å². The Balaban J connectivity index is 2.05. The Kier molecular flexibility index (Phi) is 4.50. The number of nitrogens with one attached hydrogen (secondary N) is 1. The zero-order chi connectivity index (χ0) is 8.81. The summed E-state index contributed by atoms with van der Waals surface area (Å²) in [5.41, 5.74) is 0. The highest BCUT2D eigenvalue weighted by molar-refractivity contribution is 4.69. The Labute approximate surface area is 71.9 Å². The van der Waals surface area contributed by atoms with Crippen LogP contribution in [0, 0.1) is 0 Å². The lowest BCUT2D eigenvalue weighted by molar-refractivity contribution is -0.0247. The van der Waals surface area contributed by atoms with Crippen molar-refractivity contribution >= 4 is 0 Å². The molecular formula is C8H16FNO2. The van der Waals surface area contributed by atoms with Gasteiger partial charge in [-0.2, -0.15) is 0 Å². The minimum absolute atomic E-state index is 0.114. The molecule has 0 aliphatic carbocycles. The molecule has 0 amide bonds. The quantitative estimate of drug-likeness (QED) is 0.639. The molecule has 0 radical (unpaired) electrons. The van der Waals surface area contributed by atoms with Crippen LogP contribution in [-0.4, -0.2) is 43.7 Å². The standard InChI is InChI=1S/C8H16FNO2/c9-4-7(11)6-12-8-2-1-3-10-5-8/h7-8,10-11H,1-6H2/t7?,8-/m0/s1. The lowest BCUT2D eigenvalue weighted by Crippen LogP contribution is -2.37. The lowest BCUT2D eigenvalue weighted by Gasteiger charge is -2.23. The van der Waals surface area contributed by atoms with E-state index in [0.29, 0.717) is 0 Å². The van der Waals surface area contributed by atoms with E-state index in [-0.39, 0.29) is 12.7 Å². The summed E-state index contributed by atoms with van der Waals surface area (Å²) < 4.78 is 17.1. The van der Waals surface area contributed by atoms with Crippen molar-refractivity contribution in [2.24, 2.45) is 0 Å². The van der Waals surface area contributed by atoms with Crippen LogP contribution >= 0.6 is 0 Å². The van der Waals surface area contributed by atoms with Gasteiger partial charge in [0.1, 0.15) is 12.8 Å². The molecule has 0 aromatic heterocycles. The molecule has 0 bridgehead atoms. The molecular weight excluding hydrogens is 161 g/mol. The van der Waals surface area contributed by atoms with E-state index in [1.165, 1.54) is 0 Å². The van der Waals surface area contributed by atoms with Crippen LogP contribution < -0.4 is 5.32 Å². The minimum atomic E-state index is -0.952. The smallest absolute Gasteiger partial charge is 0.118 e. The summed E-state index contributed by atoms with van der Waals surface area (Å²) in [5.74, 6) is 0. The highest BCUT2D eigenvalue weighted by Crippen LogP contribution is 2.06. The molecule has 12 heavy (non-hydrogen) atoms. The Morgan fingerprint density at radius 1 is 1.67 bits per heavy atom. The predicted molar refractivity (Wildman–Crippen MR) is 43.8 cm³/mol. The van der Waals surface area contributed by atoms with Gasteiger partial charge in [0, 0.05) is 6.54 Å². The van der Waals surface area contributed by atoms with E-state index in [1.54, 1.807) is 0 Å². The third kappa shape index (κ3) is 3.47. The van der Waals surface area contributed by atoms with Gasteiger partial charge in [0.2, 0.25) is 0 Å². The first kappa shape index (κ1) is 9.89. The Morgan fingerprint density at radius 3 is 3.08 bits per heavy atom. The summed E-state index contributed by atoms with van der Waals surface area (Å²) in [6.07, 6.45) is 1.30. The maximum atomic E-state index is 11.8. The molecule has 1 heterocycles. The molecule has 1 saturated heterocycles. The summed E-state index contributed by atoms with van der Waals surface area (Å²) in [4.78, 5) is 0. The van der Waals surface area contributed by atoms with Crippen molar-refractivity contribution in [2.45, 2.75) is 25.0 Å². The summed E-state index contributed by atoms with van der Waals surface area (Å²) in [6, 6.07) is 0. The average molecular weight is 177 g/mol. The molecule has 1 rings (SSSR count). The summed E-state index contributed by atoms with van der Waals surface area (Å²) in [7, 11) is 0. The maximum Gasteiger partial charge on any atom is 0.118 e. The molecule has 1 unspecified atom stereocenters. The molecule has 0 saturated carbocycles. The molecule has 0 aromatic rings. The molecule has 4 heteroatoms. The van der Waals surface area contributed by atoms with Crippen molar-refractivity contribution in [1.29, 1.82) is 0 Å². The minimum Gasteiger partial charge on any atom is -0.388 e. The first-order chi connectivity index (χ1) is 5.83. The van der Waals surface area contributed by atoms with Crippen LogP contribution in [0.5, 0.6) is 0 Å². The van der Waals surface area contributed by atoms with Crippen molar-refractivity contribution in [3.8, 4) is 0 Å². The van der Waals surface area contributed by atoms with Crippen molar-refractivity contribution in [3.05, 3.63) is 0 Å². The number of hydrogen-bond donors (Lipinski definition) is 2. The molecule has 0 aromatic carbocycles. The molecule has 3 nitrogen and oxygen atoms in total. The number of aliphatic hydroxyl groups is 1. The van der Waals surface area contributed by atoms with Gasteiger partial charge in [0.15, 0.2) is 0 Å². The van der Waals surface area contributed by atoms with Crippen LogP contribution in [0.3, 0.4) is 0 Å². The maximum absolute atomic E-state index is 11.8. The van der Waals surface area contributed by atoms with E-state index in [9.17, 15) is 4.39 Å². The van der Waals surface area contributed by atoms with Gasteiger partial charge in [-0.05, 0) is 19.4 Å². The van der Waals surface area contributed by atoms with E-state index in [4.69, 9.17) is 9.84 Å². The number of hydrogen-bond acceptors (Lipinski definition) is 3. The molecule has 2 atom stereocenters. The summed E-state index contributed by atoms with van der Waals surface area (Å²) in [5, 5.41) is 12.0. The van der Waals surface area contributed by atoms with Gasteiger partial charge < -0.3 is 15.2 Å². The fourth-order valence-corrected chi connectivity index (χ4v) is 1.25. The van der Waals surface area contributed by atoms with Crippen molar-refractivity contribution < 1.29 is 14.2 Å². The van der Waals surface area contributed by atoms with Crippen molar-refractivity contribution in [3.63, 3.8) is 0 Å². The number of alkyl halides is 1. The van der Waals surface area contributed by atoms with Crippen LogP contribution in [0.4, 0.5) is 4.39 Å². The number of aliphatic hydroxyl groups excluding tert-OH is 1. The molecule has 72 valence electrons. The Hall–Kier alpha value is -0.190. The van der Waals surface area contributed by atoms with Crippen LogP contribution in [0.1, 0.15) is 12.8 Å². The topological polar surface area (TPSA) is 41.5 Å². The predicted octanol–water partition coefficient (Wildman–Crippen LogP) is 0.0854. The summed E-state index contributed by atoms with van der Waals surface area (Å²) >= 11 is 0. The Bertz CT molecular complexity index is 118. The second-order valence-electron chi connectivity index (χ2n) is 3.11. The van der Waals surface area contributed by atoms with Crippen molar-refractivity contribution in [2.75, 3.05) is 26.4 Å². The zero-order valence-corrected chi connectivity index (χ0v) is 7.13. The van der Waals surface area contributed by atoms with Crippen LogP contribution in [0.15, 0.2) is 0 Å². The van der Waals surface area contributed by atoms with Gasteiger partial charge in [0.05, 0.1) is 12.7 Å². The third-order valence-electron chi connectivity index (χ3n) is 1.95. The van der Waals surface area contributed by atoms with E-state index < -0.39 is 12.8 Å². The summed E-state index contributed by atoms with van der Waals surface area (Å²) in [6.45, 7) is 1.24. The van der Waals surface area contributed by atoms with Crippen LogP contribution in [-0.2, 0) is 4.74 Å².